The second-order valence-electron chi connectivity index (χ2n) is 6.97. The molecular weight excluding hydrogens is 432 g/mol. The molecule has 4 rings (SSSR count). The number of nitro benzene ring substituents is 1. The van der Waals surface area contributed by atoms with Crippen molar-refractivity contribution < 1.29 is 14.1 Å². The van der Waals surface area contributed by atoms with E-state index in [0.29, 0.717) is 26.3 Å². The van der Waals surface area contributed by atoms with Crippen molar-refractivity contribution in [1.82, 2.24) is 4.90 Å². The number of furan rings is 1. The Labute approximate surface area is 182 Å². The first-order valence-corrected chi connectivity index (χ1v) is 10.9. The zero-order valence-electron chi connectivity index (χ0n) is 15.3. The predicted molar refractivity (Wildman–Crippen MR) is 118 cm³/mol. The molecule has 1 aromatic carbocycles. The molecule has 1 saturated carbocycles. The number of benzene rings is 1. The molecule has 1 aliphatic heterocycles. The summed E-state index contributed by atoms with van der Waals surface area (Å²) in [5.41, 5.74) is 0.353. The predicted octanol–water partition coefficient (Wildman–Crippen LogP) is 6.04. The molecule has 2 fully saturated rings. The zero-order valence-corrected chi connectivity index (χ0v) is 17.7. The smallest absolute Gasteiger partial charge is 0.288 e. The van der Waals surface area contributed by atoms with E-state index in [2.05, 4.69) is 0 Å². The molecule has 0 unspecified atom stereocenters. The van der Waals surface area contributed by atoms with E-state index in [1.165, 1.54) is 30.3 Å². The Bertz CT molecular complexity index is 1030. The Balaban J connectivity index is 1.57. The average Bonchev–Trinajstić information content (AvgIpc) is 3.27. The molecule has 2 aromatic rings. The molecule has 1 saturated heterocycles. The van der Waals surface area contributed by atoms with Gasteiger partial charge in [-0.05, 0) is 37.1 Å². The third kappa shape index (κ3) is 4.10. The number of nitrogens with zero attached hydrogens (tertiary/aromatic N) is 2. The van der Waals surface area contributed by atoms with Crippen molar-refractivity contribution in [2.24, 2.45) is 0 Å². The van der Waals surface area contributed by atoms with Crippen molar-refractivity contribution >= 4 is 57.6 Å². The van der Waals surface area contributed by atoms with Crippen molar-refractivity contribution in [3.8, 4) is 11.3 Å². The van der Waals surface area contributed by atoms with Crippen molar-refractivity contribution in [3.63, 3.8) is 0 Å². The van der Waals surface area contributed by atoms with Gasteiger partial charge in [0.25, 0.3) is 11.6 Å². The maximum absolute atomic E-state index is 12.9. The average molecular weight is 449 g/mol. The van der Waals surface area contributed by atoms with Gasteiger partial charge in [-0.1, -0.05) is 54.8 Å². The standard InChI is InChI=1S/C20H17ClN2O4S2/c21-15-8-6-12(10-16(15)23(25)26)17-9-7-14(27-17)11-18-19(24)22(20(28)29-18)13-4-2-1-3-5-13/h6-11,13H,1-5H2/b18-11-. The Morgan fingerprint density at radius 3 is 2.72 bits per heavy atom. The van der Waals surface area contributed by atoms with E-state index in [0.717, 1.165) is 25.7 Å². The summed E-state index contributed by atoms with van der Waals surface area (Å²) in [6, 6.07) is 8.10. The molecule has 0 radical (unpaired) electrons. The van der Waals surface area contributed by atoms with Crippen LogP contribution in [0.2, 0.25) is 5.02 Å². The van der Waals surface area contributed by atoms with Crippen LogP contribution in [0.15, 0.2) is 39.7 Å². The molecule has 1 aromatic heterocycles. The van der Waals surface area contributed by atoms with E-state index in [9.17, 15) is 14.9 Å². The first kappa shape index (κ1) is 20.1. The minimum absolute atomic E-state index is 0.0666. The van der Waals surface area contributed by atoms with Crippen LogP contribution in [0.1, 0.15) is 37.9 Å². The lowest BCUT2D eigenvalue weighted by Gasteiger charge is -2.29. The van der Waals surface area contributed by atoms with Gasteiger partial charge < -0.3 is 4.42 Å². The Morgan fingerprint density at radius 2 is 2.00 bits per heavy atom. The van der Waals surface area contributed by atoms with E-state index < -0.39 is 4.92 Å². The Morgan fingerprint density at radius 1 is 1.24 bits per heavy atom. The van der Waals surface area contributed by atoms with Crippen LogP contribution in [-0.2, 0) is 4.79 Å². The highest BCUT2D eigenvalue weighted by Crippen LogP contribution is 2.38. The third-order valence-corrected chi connectivity index (χ3v) is 6.74. The van der Waals surface area contributed by atoms with Gasteiger partial charge in [-0.3, -0.25) is 19.8 Å². The number of nitro groups is 1. The lowest BCUT2D eigenvalue weighted by molar-refractivity contribution is -0.384. The van der Waals surface area contributed by atoms with Crippen LogP contribution in [0.25, 0.3) is 17.4 Å². The fourth-order valence-electron chi connectivity index (χ4n) is 3.65. The van der Waals surface area contributed by atoms with Crippen LogP contribution in [0.3, 0.4) is 0 Å². The largest absolute Gasteiger partial charge is 0.457 e. The fraction of sp³-hybridized carbons (Fsp3) is 0.300. The first-order chi connectivity index (χ1) is 13.9. The van der Waals surface area contributed by atoms with Crippen molar-refractivity contribution in [3.05, 3.63) is 56.1 Å². The molecule has 2 aliphatic rings. The zero-order chi connectivity index (χ0) is 20.5. The number of amides is 1. The van der Waals surface area contributed by atoms with E-state index in [4.69, 9.17) is 28.2 Å². The molecule has 0 N–H and O–H groups in total. The summed E-state index contributed by atoms with van der Waals surface area (Å²) >= 11 is 12.6. The number of thiocarbonyl (C=S) groups is 1. The van der Waals surface area contributed by atoms with Gasteiger partial charge >= 0.3 is 0 Å². The molecular formula is C20H17ClN2O4S2. The Kier molecular flexibility index (Phi) is 5.76. The van der Waals surface area contributed by atoms with Gasteiger partial charge in [-0.2, -0.15) is 0 Å². The van der Waals surface area contributed by atoms with Gasteiger partial charge in [-0.15, -0.1) is 0 Å². The second kappa shape index (κ2) is 8.30. The number of carbonyl (C=O) groups is 1. The van der Waals surface area contributed by atoms with Crippen LogP contribution >= 0.6 is 35.6 Å². The molecule has 9 heteroatoms. The molecule has 1 amide bonds. The minimum atomic E-state index is -0.535. The number of hydrogen-bond donors (Lipinski definition) is 0. The van der Waals surface area contributed by atoms with E-state index >= 15 is 0 Å². The quantitative estimate of drug-likeness (QED) is 0.245. The summed E-state index contributed by atoms with van der Waals surface area (Å²) in [5, 5.41) is 11.2. The molecule has 0 spiro atoms. The number of carbonyl (C=O) groups excluding carboxylic acids is 1. The number of thioether (sulfide) groups is 1. The monoisotopic (exact) mass is 448 g/mol. The van der Waals surface area contributed by atoms with Gasteiger partial charge in [0.15, 0.2) is 0 Å². The molecule has 6 nitrogen and oxygen atoms in total. The highest BCUT2D eigenvalue weighted by atomic mass is 35.5. The topological polar surface area (TPSA) is 76.6 Å². The maximum atomic E-state index is 12.9. The van der Waals surface area contributed by atoms with Crippen LogP contribution in [0, 0.1) is 10.1 Å². The summed E-state index contributed by atoms with van der Waals surface area (Å²) in [6.07, 6.45) is 7.10. The van der Waals surface area contributed by atoms with Crippen molar-refractivity contribution in [1.29, 1.82) is 0 Å². The van der Waals surface area contributed by atoms with E-state index in [-0.39, 0.29) is 22.7 Å². The highest BCUT2D eigenvalue weighted by Gasteiger charge is 2.37. The number of hydrogen-bond acceptors (Lipinski definition) is 6. The third-order valence-electron chi connectivity index (χ3n) is 5.09. The summed E-state index contributed by atoms with van der Waals surface area (Å²) in [4.78, 5) is 25.7. The molecule has 29 heavy (non-hydrogen) atoms. The van der Waals surface area contributed by atoms with Gasteiger partial charge in [0.2, 0.25) is 0 Å². The molecule has 0 bridgehead atoms. The summed E-state index contributed by atoms with van der Waals surface area (Å²) in [7, 11) is 0. The highest BCUT2D eigenvalue weighted by molar-refractivity contribution is 8.26. The van der Waals surface area contributed by atoms with E-state index in [1.54, 1.807) is 29.2 Å². The maximum Gasteiger partial charge on any atom is 0.288 e. The van der Waals surface area contributed by atoms with Crippen LogP contribution in [0.4, 0.5) is 5.69 Å². The number of rotatable bonds is 4. The molecule has 2 heterocycles. The lowest BCUT2D eigenvalue weighted by atomic mass is 9.94. The van der Waals surface area contributed by atoms with Crippen LogP contribution in [-0.4, -0.2) is 26.1 Å². The van der Waals surface area contributed by atoms with Gasteiger partial charge in [0.1, 0.15) is 20.9 Å². The second-order valence-corrected chi connectivity index (χ2v) is 9.05. The Hall–Kier alpha value is -2.16. The molecule has 1 aliphatic carbocycles. The lowest BCUT2D eigenvalue weighted by Crippen LogP contribution is -2.39. The van der Waals surface area contributed by atoms with Gasteiger partial charge in [-0.25, -0.2) is 0 Å². The first-order valence-electron chi connectivity index (χ1n) is 9.25. The minimum Gasteiger partial charge on any atom is -0.457 e. The van der Waals surface area contributed by atoms with Crippen molar-refractivity contribution in [2.75, 3.05) is 0 Å². The van der Waals surface area contributed by atoms with Gasteiger partial charge in [0, 0.05) is 23.7 Å². The molecule has 0 atom stereocenters. The summed E-state index contributed by atoms with van der Waals surface area (Å²) in [5.74, 6) is 0.868. The van der Waals surface area contributed by atoms with Crippen molar-refractivity contribution in [2.45, 2.75) is 38.1 Å². The summed E-state index contributed by atoms with van der Waals surface area (Å²) in [6.45, 7) is 0. The van der Waals surface area contributed by atoms with Crippen LogP contribution in [0.5, 0.6) is 0 Å². The molecule has 150 valence electrons. The van der Waals surface area contributed by atoms with E-state index in [1.807, 2.05) is 0 Å². The normalized spacial score (nSPS) is 19.3. The van der Waals surface area contributed by atoms with Crippen LogP contribution < -0.4 is 0 Å². The van der Waals surface area contributed by atoms with Gasteiger partial charge in [0.05, 0.1) is 9.83 Å². The SMILES string of the molecule is O=C1/C(=C/c2ccc(-c3ccc(Cl)c([N+](=O)[O-])c3)o2)SC(=S)N1C1CCCCC1. The number of halogens is 1. The summed E-state index contributed by atoms with van der Waals surface area (Å²) < 4.78 is 6.39. The fourth-order valence-corrected chi connectivity index (χ4v) is 5.22.